The summed E-state index contributed by atoms with van der Waals surface area (Å²) in [7, 11) is 0. The molecule has 1 N–H and O–H groups in total. The molecule has 0 unspecified atom stereocenters. The lowest BCUT2D eigenvalue weighted by Crippen LogP contribution is -2.63. The monoisotopic (exact) mass is 213 g/mol. The Morgan fingerprint density at radius 2 is 1.60 bits per heavy atom. The summed E-state index contributed by atoms with van der Waals surface area (Å²) in [6.07, 6.45) is 2.16. The summed E-state index contributed by atoms with van der Waals surface area (Å²) < 4.78 is 15.1. The molecule has 0 radical (unpaired) electrons. The van der Waals surface area contributed by atoms with Crippen LogP contribution in [0.2, 0.25) is 0 Å². The first-order valence-electron chi connectivity index (χ1n) is 5.00. The first-order valence-corrected chi connectivity index (χ1v) is 5.00. The van der Waals surface area contributed by atoms with Gasteiger partial charge in [0.05, 0.1) is 12.0 Å². The molecule has 0 saturated carbocycles. The van der Waals surface area contributed by atoms with Crippen molar-refractivity contribution in [3.8, 4) is 0 Å². The number of rotatable bonds is 0. The molecular weight excluding hydrogens is 202 g/mol. The van der Waals surface area contributed by atoms with Gasteiger partial charge in [-0.2, -0.15) is 0 Å². The van der Waals surface area contributed by atoms with E-state index in [1.54, 1.807) is 0 Å². The quantitative estimate of drug-likeness (QED) is 0.423. The molecule has 6 heteroatoms. The van der Waals surface area contributed by atoms with Gasteiger partial charge in [-0.25, -0.2) is 9.59 Å². The molecule has 3 heterocycles. The fraction of sp³-hybridized carbons (Fsp3) is 0.778. The van der Waals surface area contributed by atoms with Gasteiger partial charge in [-0.05, 0) is 25.9 Å². The van der Waals surface area contributed by atoms with Gasteiger partial charge in [0.1, 0.15) is 0 Å². The molecule has 0 atom stereocenters. The highest BCUT2D eigenvalue weighted by molar-refractivity contribution is 6.31. The van der Waals surface area contributed by atoms with Gasteiger partial charge in [0, 0.05) is 0 Å². The van der Waals surface area contributed by atoms with Crippen LogP contribution < -0.4 is 5.32 Å². The fourth-order valence-electron chi connectivity index (χ4n) is 2.38. The maximum atomic E-state index is 10.9. The van der Waals surface area contributed by atoms with Gasteiger partial charge in [-0.15, -0.1) is 0 Å². The highest BCUT2D eigenvalue weighted by atomic mass is 16.9. The average molecular weight is 213 g/mol. The lowest BCUT2D eigenvalue weighted by atomic mass is 9.83. The van der Waals surface area contributed by atoms with Crippen LogP contribution in [0, 0.1) is 0 Å². The molecule has 15 heavy (non-hydrogen) atoms. The number of carbonyl (C=O) groups excluding carboxylic acids is 2. The van der Waals surface area contributed by atoms with Crippen LogP contribution in [0.3, 0.4) is 0 Å². The molecule has 3 aliphatic heterocycles. The standard InChI is InChI=1S/C9H11NO5/c11-6-7(12)14-9(13-6)5-8(15-9)1-3-10-4-2-8/h10H,1-5H2. The molecule has 3 aliphatic rings. The molecular formula is C9H11NO5. The number of hydrogen-bond donors (Lipinski definition) is 1. The van der Waals surface area contributed by atoms with Crippen molar-refractivity contribution in [1.82, 2.24) is 5.32 Å². The number of ether oxygens (including phenoxy) is 3. The summed E-state index contributed by atoms with van der Waals surface area (Å²) in [4.78, 5) is 21.7. The van der Waals surface area contributed by atoms with Crippen LogP contribution >= 0.6 is 0 Å². The van der Waals surface area contributed by atoms with Gasteiger partial charge in [0.2, 0.25) is 0 Å². The summed E-state index contributed by atoms with van der Waals surface area (Å²) in [5.41, 5.74) is -0.268. The van der Waals surface area contributed by atoms with Crippen molar-refractivity contribution < 1.29 is 23.8 Å². The third-order valence-corrected chi connectivity index (χ3v) is 3.09. The van der Waals surface area contributed by atoms with Gasteiger partial charge >= 0.3 is 17.9 Å². The predicted molar refractivity (Wildman–Crippen MR) is 45.5 cm³/mol. The van der Waals surface area contributed by atoms with Crippen LogP contribution in [0.25, 0.3) is 0 Å². The van der Waals surface area contributed by atoms with E-state index in [2.05, 4.69) is 5.32 Å². The van der Waals surface area contributed by atoms with Crippen molar-refractivity contribution in [3.63, 3.8) is 0 Å². The van der Waals surface area contributed by atoms with Crippen molar-refractivity contribution >= 4 is 11.9 Å². The van der Waals surface area contributed by atoms with E-state index in [0.29, 0.717) is 6.42 Å². The van der Waals surface area contributed by atoms with E-state index in [1.165, 1.54) is 0 Å². The third-order valence-electron chi connectivity index (χ3n) is 3.09. The van der Waals surface area contributed by atoms with E-state index >= 15 is 0 Å². The summed E-state index contributed by atoms with van der Waals surface area (Å²) in [6.45, 7) is 1.75. The topological polar surface area (TPSA) is 73.9 Å². The Bertz CT molecular complexity index is 307. The van der Waals surface area contributed by atoms with Crippen molar-refractivity contribution in [2.75, 3.05) is 13.1 Å². The molecule has 3 saturated heterocycles. The van der Waals surface area contributed by atoms with Gasteiger partial charge in [-0.3, -0.25) is 0 Å². The van der Waals surface area contributed by atoms with Crippen LogP contribution in [0.1, 0.15) is 19.3 Å². The van der Waals surface area contributed by atoms with Crippen LogP contribution in [0.4, 0.5) is 0 Å². The molecule has 82 valence electrons. The van der Waals surface area contributed by atoms with E-state index < -0.39 is 17.9 Å². The molecule has 6 nitrogen and oxygen atoms in total. The van der Waals surface area contributed by atoms with Crippen molar-refractivity contribution in [2.24, 2.45) is 0 Å². The third kappa shape index (κ3) is 1.25. The smallest absolute Gasteiger partial charge is 0.389 e. The van der Waals surface area contributed by atoms with E-state index in [0.717, 1.165) is 25.9 Å². The first-order chi connectivity index (χ1) is 7.13. The van der Waals surface area contributed by atoms with Crippen LogP contribution in [0.5, 0.6) is 0 Å². The van der Waals surface area contributed by atoms with Crippen LogP contribution in [-0.4, -0.2) is 36.6 Å². The lowest BCUT2D eigenvalue weighted by molar-refractivity contribution is -0.446. The summed E-state index contributed by atoms with van der Waals surface area (Å²) in [5, 5.41) is 3.21. The van der Waals surface area contributed by atoms with Crippen LogP contribution in [-0.2, 0) is 23.8 Å². The zero-order valence-corrected chi connectivity index (χ0v) is 8.08. The lowest BCUT2D eigenvalue weighted by Gasteiger charge is -2.52. The van der Waals surface area contributed by atoms with Crippen molar-refractivity contribution in [2.45, 2.75) is 30.8 Å². The van der Waals surface area contributed by atoms with E-state index in [-0.39, 0.29) is 5.60 Å². The average Bonchev–Trinajstić information content (AvgIpc) is 2.43. The van der Waals surface area contributed by atoms with Gasteiger partial charge in [-0.1, -0.05) is 0 Å². The highest BCUT2D eigenvalue weighted by Gasteiger charge is 2.66. The Balaban J connectivity index is 1.70. The number of piperidine rings is 1. The molecule has 2 spiro atoms. The first kappa shape index (κ1) is 9.11. The fourth-order valence-corrected chi connectivity index (χ4v) is 2.38. The second kappa shape index (κ2) is 2.70. The van der Waals surface area contributed by atoms with E-state index in [9.17, 15) is 9.59 Å². The van der Waals surface area contributed by atoms with Crippen molar-refractivity contribution in [3.05, 3.63) is 0 Å². The highest BCUT2D eigenvalue weighted by Crippen LogP contribution is 2.50. The van der Waals surface area contributed by atoms with Crippen molar-refractivity contribution in [1.29, 1.82) is 0 Å². The molecule has 0 aromatic rings. The molecule has 3 rings (SSSR count). The Morgan fingerprint density at radius 1 is 1.07 bits per heavy atom. The van der Waals surface area contributed by atoms with Gasteiger partial charge in [0.25, 0.3) is 0 Å². The summed E-state index contributed by atoms with van der Waals surface area (Å²) in [5.74, 6) is -3.32. The van der Waals surface area contributed by atoms with E-state index in [1.807, 2.05) is 0 Å². The van der Waals surface area contributed by atoms with Gasteiger partial charge in [0.15, 0.2) is 0 Å². The van der Waals surface area contributed by atoms with E-state index in [4.69, 9.17) is 14.2 Å². The maximum Gasteiger partial charge on any atom is 0.422 e. The Hall–Kier alpha value is -1.14. The SMILES string of the molecule is O=C1OC2(CC3(CCNCC3)O2)OC1=O. The largest absolute Gasteiger partial charge is 0.422 e. The molecule has 0 aliphatic carbocycles. The zero-order valence-electron chi connectivity index (χ0n) is 8.08. The number of esters is 2. The Kier molecular flexibility index (Phi) is 1.64. The zero-order chi connectivity index (χ0) is 10.5. The minimum atomic E-state index is -1.40. The number of hydrogen-bond acceptors (Lipinski definition) is 6. The van der Waals surface area contributed by atoms with Gasteiger partial charge < -0.3 is 19.5 Å². The normalized spacial score (nSPS) is 31.2. The van der Waals surface area contributed by atoms with Crippen LogP contribution in [0.15, 0.2) is 0 Å². The predicted octanol–water partition coefficient (Wildman–Crippen LogP) is -0.717. The molecule has 0 aromatic heterocycles. The summed E-state index contributed by atoms with van der Waals surface area (Å²) in [6, 6.07) is 0. The number of carbonyl (C=O) groups is 2. The second-order valence-corrected chi connectivity index (χ2v) is 4.17. The maximum absolute atomic E-state index is 10.9. The second-order valence-electron chi connectivity index (χ2n) is 4.17. The molecule has 0 aromatic carbocycles. The summed E-state index contributed by atoms with van der Waals surface area (Å²) >= 11 is 0. The molecule has 3 fully saturated rings. The minimum Gasteiger partial charge on any atom is -0.389 e. The number of nitrogens with one attached hydrogen (secondary N) is 1. The molecule has 0 bridgehead atoms. The Morgan fingerprint density at radius 3 is 2.13 bits per heavy atom. The minimum absolute atomic E-state index is 0.268. The molecule has 0 amide bonds. The Labute approximate surface area is 85.9 Å².